The summed E-state index contributed by atoms with van der Waals surface area (Å²) in [6.07, 6.45) is 41.4. The Morgan fingerprint density at radius 1 is 0.635 bits per heavy atom. The second kappa shape index (κ2) is 45.3. The molecule has 2 rings (SSSR count). The van der Waals surface area contributed by atoms with E-state index in [0.29, 0.717) is 38.5 Å². The highest BCUT2D eigenvalue weighted by atomic mass is 79.9. The number of aliphatic hydroxyl groups is 5. The first-order valence-electron chi connectivity index (χ1n) is 30.3. The number of ether oxygens (including phenoxy) is 2. The topological polar surface area (TPSA) is 186 Å². The van der Waals surface area contributed by atoms with E-state index in [2.05, 4.69) is 41.0 Å². The summed E-state index contributed by atoms with van der Waals surface area (Å²) >= 11 is 4.23. The number of halogens is 1. The Labute approximate surface area is 463 Å². The number of amides is 3. The molecule has 0 aromatic heterocycles. The van der Waals surface area contributed by atoms with Gasteiger partial charge in [0, 0.05) is 25.1 Å². The van der Waals surface area contributed by atoms with Gasteiger partial charge in [-0.2, -0.15) is 0 Å². The second-order valence-electron chi connectivity index (χ2n) is 21.7. The molecule has 430 valence electrons. The van der Waals surface area contributed by atoms with Crippen molar-refractivity contribution in [2.45, 2.75) is 320 Å². The Kier molecular flexibility index (Phi) is 42.0. The number of aliphatic hydroxyl groups excluding tert-OH is 5. The van der Waals surface area contributed by atoms with Crippen LogP contribution >= 0.6 is 27.7 Å². The summed E-state index contributed by atoms with van der Waals surface area (Å²) in [5, 5.41) is 58.2. The van der Waals surface area contributed by atoms with E-state index in [9.17, 15) is 39.9 Å². The number of nitrogens with one attached hydrogen (secondary N) is 1. The number of hydrogen-bond acceptors (Lipinski definition) is 11. The maximum Gasteiger partial charge on any atom is 0.269 e. The summed E-state index contributed by atoms with van der Waals surface area (Å²) in [6.45, 7) is 4.36. The molecule has 1 fully saturated rings. The zero-order valence-electron chi connectivity index (χ0n) is 46.6. The summed E-state index contributed by atoms with van der Waals surface area (Å²) in [5.74, 6) is 1.23. The average molecular weight is 1130 g/mol. The predicted octanol–water partition coefficient (Wildman–Crippen LogP) is 13.0. The molecule has 6 N–H and O–H groups in total. The van der Waals surface area contributed by atoms with Crippen LogP contribution in [-0.2, 0) is 23.9 Å². The van der Waals surface area contributed by atoms with Crippen LogP contribution in [0.5, 0.6) is 0 Å². The minimum Gasteiger partial charge on any atom is -0.390 e. The van der Waals surface area contributed by atoms with Crippen molar-refractivity contribution in [3.63, 3.8) is 0 Å². The fourth-order valence-electron chi connectivity index (χ4n) is 10.1. The van der Waals surface area contributed by atoms with Crippen LogP contribution in [-0.4, -0.2) is 116 Å². The molecule has 0 spiro atoms. The largest absolute Gasteiger partial charge is 0.390 e. The van der Waals surface area contributed by atoms with Gasteiger partial charge in [-0.3, -0.25) is 19.3 Å². The van der Waals surface area contributed by atoms with E-state index in [4.69, 9.17) is 15.9 Å². The minimum absolute atomic E-state index is 0.0701. The van der Waals surface area contributed by atoms with E-state index >= 15 is 0 Å². The Balaban J connectivity index is 1.79. The standard InChI is InChI=1S/C60H107BrN2O10S/c1-4-7-10-13-15-17-19-21-22-23-24-25-26-27-28-29-30-31-33-35-37-39-41-44-51(65)62-48(53(66)49(64)43-40-38-36-34-32-20-18-16-14-11-8-5-2)46-72-60-56(69)55(68)54(67)50(73-60)47-74-57-52(61)58(70)63(59(57)71)45-42-12-9-6-3/h3,48-50,53-56,60,64,66-69H,4-5,7-47H2,1-2H3,(H,62,65)/t48-,49+,50+,53-,54-,55-,56+,60-/m0/s1. The number of hydrogen-bond donors (Lipinski definition) is 6. The van der Waals surface area contributed by atoms with Gasteiger partial charge in [0.25, 0.3) is 11.8 Å². The van der Waals surface area contributed by atoms with Crippen molar-refractivity contribution in [2.75, 3.05) is 18.9 Å². The molecular weight excluding hydrogens is 1020 g/mol. The lowest BCUT2D eigenvalue weighted by atomic mass is 9.98. The zero-order chi connectivity index (χ0) is 54.0. The van der Waals surface area contributed by atoms with Crippen molar-refractivity contribution >= 4 is 45.4 Å². The first-order valence-corrected chi connectivity index (χ1v) is 32.0. The monoisotopic (exact) mass is 1130 g/mol. The molecule has 3 amide bonds. The molecular formula is C60H107BrN2O10S. The van der Waals surface area contributed by atoms with Crippen LogP contribution in [0.2, 0.25) is 0 Å². The van der Waals surface area contributed by atoms with E-state index in [1.807, 2.05) is 0 Å². The van der Waals surface area contributed by atoms with Crippen molar-refractivity contribution in [2.24, 2.45) is 0 Å². The quantitative estimate of drug-likeness (QED) is 0.0193. The summed E-state index contributed by atoms with van der Waals surface area (Å²) < 4.78 is 12.0. The third-order valence-electron chi connectivity index (χ3n) is 15.0. The molecule has 8 atom stereocenters. The summed E-state index contributed by atoms with van der Waals surface area (Å²) in [6, 6.07) is -1.05. The molecule has 2 aliphatic heterocycles. The maximum atomic E-state index is 13.3. The molecule has 0 aromatic rings. The van der Waals surface area contributed by atoms with Gasteiger partial charge in [-0.25, -0.2) is 0 Å². The lowest BCUT2D eigenvalue weighted by Gasteiger charge is -2.41. The average Bonchev–Trinajstić information content (AvgIpc) is 3.59. The van der Waals surface area contributed by atoms with Crippen LogP contribution < -0.4 is 5.32 Å². The Hall–Kier alpha value is -1.54. The van der Waals surface area contributed by atoms with Crippen molar-refractivity contribution in [3.05, 3.63) is 9.39 Å². The van der Waals surface area contributed by atoms with Crippen LogP contribution in [0, 0.1) is 12.3 Å². The highest BCUT2D eigenvalue weighted by Crippen LogP contribution is 2.36. The lowest BCUT2D eigenvalue weighted by Crippen LogP contribution is -2.60. The minimum atomic E-state index is -1.68. The van der Waals surface area contributed by atoms with Crippen molar-refractivity contribution < 1.29 is 49.4 Å². The number of nitrogens with zero attached hydrogens (tertiary/aromatic N) is 1. The van der Waals surface area contributed by atoms with Gasteiger partial charge in [0.05, 0.1) is 29.8 Å². The van der Waals surface area contributed by atoms with Crippen LogP contribution in [0.1, 0.15) is 271 Å². The molecule has 2 heterocycles. The SMILES string of the molecule is C#CCCCCN1C(=O)C(Br)=C(SC[C@H]2O[C@H](OC[C@H](NC(=O)CCCCCCCCCCCCCCCCCCCCCCCCC)[C@H](O)[C@H](O)CCCCCCCCCCCCCC)[C@H](O)[C@@H](O)[C@H]2O)C1=O. The Morgan fingerprint density at radius 3 is 1.51 bits per heavy atom. The van der Waals surface area contributed by atoms with E-state index < -0.39 is 60.8 Å². The highest BCUT2D eigenvalue weighted by Gasteiger charge is 2.46. The number of rotatable bonds is 50. The van der Waals surface area contributed by atoms with Crippen molar-refractivity contribution in [3.8, 4) is 12.3 Å². The van der Waals surface area contributed by atoms with Gasteiger partial charge in [-0.05, 0) is 41.6 Å². The third kappa shape index (κ3) is 30.6. The fourth-order valence-corrected chi connectivity index (χ4v) is 11.9. The Bertz CT molecular complexity index is 1520. The van der Waals surface area contributed by atoms with E-state index in [-0.39, 0.29) is 40.6 Å². The summed E-state index contributed by atoms with van der Waals surface area (Å²) in [5.41, 5.74) is 0. The van der Waals surface area contributed by atoms with Crippen molar-refractivity contribution in [1.82, 2.24) is 10.2 Å². The van der Waals surface area contributed by atoms with E-state index in [1.54, 1.807) is 0 Å². The predicted molar refractivity (Wildman–Crippen MR) is 307 cm³/mol. The van der Waals surface area contributed by atoms with Gasteiger partial charge in [-0.1, -0.05) is 232 Å². The van der Waals surface area contributed by atoms with Crippen molar-refractivity contribution in [1.29, 1.82) is 0 Å². The fraction of sp³-hybridized carbons (Fsp3) is 0.883. The molecule has 12 nitrogen and oxygen atoms in total. The van der Waals surface area contributed by atoms with Crippen LogP contribution in [0.15, 0.2) is 9.39 Å². The molecule has 74 heavy (non-hydrogen) atoms. The van der Waals surface area contributed by atoms with Crippen LogP contribution in [0.3, 0.4) is 0 Å². The Morgan fingerprint density at radius 2 is 1.07 bits per heavy atom. The van der Waals surface area contributed by atoms with Gasteiger partial charge in [0.15, 0.2) is 6.29 Å². The third-order valence-corrected chi connectivity index (χ3v) is 17.2. The molecule has 0 unspecified atom stereocenters. The normalized spacial score (nSPS) is 20.4. The van der Waals surface area contributed by atoms with E-state index in [0.717, 1.165) is 55.2 Å². The number of carbonyl (C=O) groups excluding carboxylic acids is 3. The molecule has 0 aromatic carbocycles. The zero-order valence-corrected chi connectivity index (χ0v) is 49.0. The molecule has 0 aliphatic carbocycles. The van der Waals surface area contributed by atoms with Gasteiger partial charge >= 0.3 is 0 Å². The summed E-state index contributed by atoms with van der Waals surface area (Å²) in [7, 11) is 0. The molecule has 2 aliphatic rings. The number of unbranched alkanes of at least 4 members (excludes halogenated alkanes) is 35. The second-order valence-corrected chi connectivity index (χ2v) is 23.5. The van der Waals surface area contributed by atoms with Gasteiger partial charge in [-0.15, -0.1) is 24.1 Å². The number of imide groups is 1. The first kappa shape index (κ1) is 68.6. The first-order chi connectivity index (χ1) is 36.0. The van der Waals surface area contributed by atoms with Gasteiger partial charge < -0.3 is 40.3 Å². The summed E-state index contributed by atoms with van der Waals surface area (Å²) in [4.78, 5) is 40.7. The van der Waals surface area contributed by atoms with Crippen LogP contribution in [0.25, 0.3) is 0 Å². The molecule has 1 saturated heterocycles. The molecule has 14 heteroatoms. The molecule has 0 bridgehead atoms. The number of thioether (sulfide) groups is 1. The maximum absolute atomic E-state index is 13.3. The number of terminal acetylenes is 1. The van der Waals surface area contributed by atoms with Crippen LogP contribution in [0.4, 0.5) is 0 Å². The van der Waals surface area contributed by atoms with E-state index in [1.165, 1.54) is 173 Å². The highest BCUT2D eigenvalue weighted by molar-refractivity contribution is 9.12. The smallest absolute Gasteiger partial charge is 0.269 e. The van der Waals surface area contributed by atoms with Gasteiger partial charge in [0.1, 0.15) is 28.9 Å². The number of carbonyl (C=O) groups is 3. The lowest BCUT2D eigenvalue weighted by molar-refractivity contribution is -0.294. The van der Waals surface area contributed by atoms with Gasteiger partial charge in [0.2, 0.25) is 5.91 Å². The molecule has 0 radical (unpaired) electrons. The molecule has 0 saturated carbocycles.